The molecule has 0 unspecified atom stereocenters. The summed E-state index contributed by atoms with van der Waals surface area (Å²) in [5, 5.41) is 6.70. The highest BCUT2D eigenvalue weighted by atomic mass is 32.1. The van der Waals surface area contributed by atoms with Crippen molar-refractivity contribution in [3.8, 4) is 5.75 Å². The summed E-state index contributed by atoms with van der Waals surface area (Å²) < 4.78 is 6.36. The molecular weight excluding hydrogens is 338 g/mol. The minimum Gasteiger partial charge on any atom is -0.495 e. The first-order chi connectivity index (χ1) is 12.1. The predicted octanol–water partition coefficient (Wildman–Crippen LogP) is 3.88. The molecule has 0 aliphatic heterocycles. The SMILES string of the molecule is COc1ccccc1Nc1nc2c(ccc3[nH]c(NC(C)=O)nc32)s1. The van der Waals surface area contributed by atoms with Crippen LogP contribution < -0.4 is 15.4 Å². The Morgan fingerprint density at radius 3 is 2.80 bits per heavy atom. The number of para-hydroxylation sites is 2. The smallest absolute Gasteiger partial charge is 0.223 e. The monoisotopic (exact) mass is 353 g/mol. The molecule has 7 nitrogen and oxygen atoms in total. The van der Waals surface area contributed by atoms with Gasteiger partial charge in [0.1, 0.15) is 16.8 Å². The van der Waals surface area contributed by atoms with Crippen LogP contribution >= 0.6 is 11.3 Å². The van der Waals surface area contributed by atoms with Gasteiger partial charge in [-0.25, -0.2) is 9.97 Å². The zero-order valence-corrected chi connectivity index (χ0v) is 14.4. The molecule has 0 radical (unpaired) electrons. The van der Waals surface area contributed by atoms with Crippen molar-refractivity contribution in [1.82, 2.24) is 15.0 Å². The average Bonchev–Trinajstić information content (AvgIpc) is 3.17. The van der Waals surface area contributed by atoms with Crippen LogP contribution in [0.4, 0.5) is 16.8 Å². The number of imidazole rings is 1. The fourth-order valence-electron chi connectivity index (χ4n) is 2.60. The number of H-pyrrole nitrogens is 1. The molecule has 4 rings (SSSR count). The average molecular weight is 353 g/mol. The number of aromatic nitrogens is 3. The second-order valence-electron chi connectivity index (χ2n) is 5.42. The van der Waals surface area contributed by atoms with Gasteiger partial charge in [-0.05, 0) is 24.3 Å². The molecule has 126 valence electrons. The number of methoxy groups -OCH3 is 1. The fraction of sp³-hybridized carbons (Fsp3) is 0.118. The molecule has 2 aromatic heterocycles. The van der Waals surface area contributed by atoms with Crippen molar-refractivity contribution in [3.05, 3.63) is 36.4 Å². The van der Waals surface area contributed by atoms with E-state index in [9.17, 15) is 4.79 Å². The number of fused-ring (bicyclic) bond motifs is 3. The van der Waals surface area contributed by atoms with Gasteiger partial charge >= 0.3 is 0 Å². The third-order valence-corrected chi connectivity index (χ3v) is 4.59. The number of rotatable bonds is 4. The Bertz CT molecular complexity index is 1090. The molecule has 2 aromatic carbocycles. The lowest BCUT2D eigenvalue weighted by atomic mass is 10.3. The van der Waals surface area contributed by atoms with Crippen LogP contribution in [0.3, 0.4) is 0 Å². The van der Waals surface area contributed by atoms with E-state index >= 15 is 0 Å². The highest BCUT2D eigenvalue weighted by Crippen LogP contribution is 2.34. The minimum atomic E-state index is -0.174. The van der Waals surface area contributed by atoms with Crippen molar-refractivity contribution >= 4 is 55.3 Å². The number of hydrogen-bond donors (Lipinski definition) is 3. The number of carbonyl (C=O) groups excluding carboxylic acids is 1. The second-order valence-corrected chi connectivity index (χ2v) is 6.45. The molecule has 0 spiro atoms. The Labute approximate surface area is 147 Å². The zero-order valence-electron chi connectivity index (χ0n) is 13.6. The van der Waals surface area contributed by atoms with Crippen LogP contribution in [0.5, 0.6) is 5.75 Å². The van der Waals surface area contributed by atoms with Crippen molar-refractivity contribution < 1.29 is 9.53 Å². The summed E-state index contributed by atoms with van der Waals surface area (Å²) in [7, 11) is 1.63. The van der Waals surface area contributed by atoms with Crippen molar-refractivity contribution in [2.24, 2.45) is 0 Å². The van der Waals surface area contributed by atoms with Gasteiger partial charge < -0.3 is 15.0 Å². The standard InChI is InChI=1S/C17H15N5O2S/c1-9(23)18-16-19-11-7-8-13-15(14(11)21-16)22-17(25-13)20-10-5-3-4-6-12(10)24-2/h3-8H,1-2H3,(H,20,22)(H2,18,19,21,23). The van der Waals surface area contributed by atoms with Crippen LogP contribution in [-0.4, -0.2) is 28.0 Å². The van der Waals surface area contributed by atoms with E-state index in [1.165, 1.54) is 18.3 Å². The molecular formula is C17H15N5O2S. The number of carbonyl (C=O) groups is 1. The summed E-state index contributed by atoms with van der Waals surface area (Å²) in [6.07, 6.45) is 0. The van der Waals surface area contributed by atoms with Gasteiger partial charge in [-0.3, -0.25) is 10.1 Å². The van der Waals surface area contributed by atoms with Gasteiger partial charge in [0.2, 0.25) is 11.9 Å². The maximum Gasteiger partial charge on any atom is 0.223 e. The van der Waals surface area contributed by atoms with Crippen LogP contribution in [0, 0.1) is 0 Å². The van der Waals surface area contributed by atoms with E-state index in [4.69, 9.17) is 4.74 Å². The maximum absolute atomic E-state index is 11.2. The number of nitrogens with zero attached hydrogens (tertiary/aromatic N) is 2. The quantitative estimate of drug-likeness (QED) is 0.518. The molecule has 2 heterocycles. The number of hydrogen-bond acceptors (Lipinski definition) is 6. The second kappa shape index (κ2) is 6.06. The van der Waals surface area contributed by atoms with Gasteiger partial charge in [0, 0.05) is 6.92 Å². The van der Waals surface area contributed by atoms with E-state index in [1.54, 1.807) is 7.11 Å². The van der Waals surface area contributed by atoms with Crippen LogP contribution in [0.15, 0.2) is 36.4 Å². The third kappa shape index (κ3) is 2.87. The van der Waals surface area contributed by atoms with Gasteiger partial charge in [0.05, 0.1) is 23.0 Å². The summed E-state index contributed by atoms with van der Waals surface area (Å²) in [6.45, 7) is 1.45. The van der Waals surface area contributed by atoms with Crippen LogP contribution in [-0.2, 0) is 4.79 Å². The van der Waals surface area contributed by atoms with E-state index in [1.807, 2.05) is 36.4 Å². The number of ether oxygens (including phenoxy) is 1. The van der Waals surface area contributed by atoms with Gasteiger partial charge in [-0.1, -0.05) is 23.5 Å². The number of nitrogens with one attached hydrogen (secondary N) is 3. The molecule has 0 aliphatic rings. The Morgan fingerprint density at radius 1 is 1.16 bits per heavy atom. The normalized spacial score (nSPS) is 11.0. The van der Waals surface area contributed by atoms with Crippen molar-refractivity contribution in [3.63, 3.8) is 0 Å². The lowest BCUT2D eigenvalue weighted by Gasteiger charge is -2.07. The number of aromatic amines is 1. The van der Waals surface area contributed by atoms with Crippen LogP contribution in [0.25, 0.3) is 21.3 Å². The molecule has 0 saturated heterocycles. The topological polar surface area (TPSA) is 91.9 Å². The summed E-state index contributed by atoms with van der Waals surface area (Å²) >= 11 is 1.53. The van der Waals surface area contributed by atoms with E-state index in [2.05, 4.69) is 25.6 Å². The fourth-order valence-corrected chi connectivity index (χ4v) is 3.49. The first-order valence-corrected chi connectivity index (χ1v) is 8.42. The summed E-state index contributed by atoms with van der Waals surface area (Å²) in [6, 6.07) is 11.6. The number of amides is 1. The third-order valence-electron chi connectivity index (χ3n) is 3.65. The van der Waals surface area contributed by atoms with E-state index < -0.39 is 0 Å². The van der Waals surface area contributed by atoms with E-state index in [-0.39, 0.29) is 5.91 Å². The molecule has 0 fully saturated rings. The summed E-state index contributed by atoms with van der Waals surface area (Å²) in [5.41, 5.74) is 3.19. The Balaban J connectivity index is 1.75. The lowest BCUT2D eigenvalue weighted by molar-refractivity contribution is -0.114. The number of thiazole rings is 1. The van der Waals surface area contributed by atoms with Gasteiger partial charge in [0.15, 0.2) is 5.13 Å². The highest BCUT2D eigenvalue weighted by Gasteiger charge is 2.13. The van der Waals surface area contributed by atoms with Crippen molar-refractivity contribution in [2.45, 2.75) is 6.92 Å². The zero-order chi connectivity index (χ0) is 17.4. The molecule has 25 heavy (non-hydrogen) atoms. The van der Waals surface area contributed by atoms with Gasteiger partial charge in [-0.2, -0.15) is 0 Å². The molecule has 0 bridgehead atoms. The molecule has 0 saturated carbocycles. The number of anilines is 3. The molecule has 3 N–H and O–H groups in total. The van der Waals surface area contributed by atoms with E-state index in [0.717, 1.165) is 37.8 Å². The summed E-state index contributed by atoms with van der Waals surface area (Å²) in [5.74, 6) is 0.994. The molecule has 1 amide bonds. The summed E-state index contributed by atoms with van der Waals surface area (Å²) in [4.78, 5) is 23.4. The first-order valence-electron chi connectivity index (χ1n) is 7.61. The molecule has 4 aromatic rings. The first kappa shape index (κ1) is 15.4. The largest absolute Gasteiger partial charge is 0.495 e. The Kier molecular flexibility index (Phi) is 3.73. The van der Waals surface area contributed by atoms with E-state index in [0.29, 0.717) is 5.95 Å². The Hall–Kier alpha value is -3.13. The van der Waals surface area contributed by atoms with Crippen LogP contribution in [0.1, 0.15) is 6.92 Å². The lowest BCUT2D eigenvalue weighted by Crippen LogP contribution is -2.06. The van der Waals surface area contributed by atoms with Crippen molar-refractivity contribution in [2.75, 3.05) is 17.7 Å². The number of benzene rings is 2. The Morgan fingerprint density at radius 2 is 2.00 bits per heavy atom. The predicted molar refractivity (Wildman–Crippen MR) is 99.9 cm³/mol. The van der Waals surface area contributed by atoms with Gasteiger partial charge in [0.25, 0.3) is 0 Å². The molecule has 8 heteroatoms. The maximum atomic E-state index is 11.2. The van der Waals surface area contributed by atoms with Crippen molar-refractivity contribution in [1.29, 1.82) is 0 Å². The van der Waals surface area contributed by atoms with Crippen LogP contribution in [0.2, 0.25) is 0 Å². The molecule has 0 atom stereocenters. The van der Waals surface area contributed by atoms with Gasteiger partial charge in [-0.15, -0.1) is 0 Å². The molecule has 0 aliphatic carbocycles. The minimum absolute atomic E-state index is 0.174. The highest BCUT2D eigenvalue weighted by molar-refractivity contribution is 7.22.